The summed E-state index contributed by atoms with van der Waals surface area (Å²) in [6, 6.07) is 10.3. The lowest BCUT2D eigenvalue weighted by atomic mass is 9.76. The monoisotopic (exact) mass is 489 g/mol. The first-order valence-electron chi connectivity index (χ1n) is 10.6. The van der Waals surface area contributed by atoms with Gasteiger partial charge >= 0.3 is 0 Å². The van der Waals surface area contributed by atoms with E-state index in [0.29, 0.717) is 12.8 Å². The van der Waals surface area contributed by atoms with Gasteiger partial charge in [-0.2, -0.15) is 5.01 Å². The first-order chi connectivity index (χ1) is 15.7. The highest BCUT2D eigenvalue weighted by Crippen LogP contribution is 2.42. The van der Waals surface area contributed by atoms with Crippen molar-refractivity contribution >= 4 is 46.6 Å². The number of hydrogen-bond donors (Lipinski definition) is 0. The van der Waals surface area contributed by atoms with Gasteiger partial charge in [0, 0.05) is 11.1 Å². The highest BCUT2D eigenvalue weighted by Gasteiger charge is 2.52. The van der Waals surface area contributed by atoms with E-state index in [-0.39, 0.29) is 39.3 Å². The van der Waals surface area contributed by atoms with Gasteiger partial charge in [-0.05, 0) is 49.4 Å². The second-order valence-corrected chi connectivity index (χ2v) is 9.34. The Bertz CT molecular complexity index is 1150. The van der Waals surface area contributed by atoms with Gasteiger partial charge in [-0.15, -0.1) is 0 Å². The molecule has 1 heterocycles. The molecule has 1 saturated carbocycles. The van der Waals surface area contributed by atoms with E-state index in [1.165, 1.54) is 30.3 Å². The van der Waals surface area contributed by atoms with E-state index < -0.39 is 34.5 Å². The van der Waals surface area contributed by atoms with Crippen LogP contribution in [0.15, 0.2) is 42.5 Å². The minimum Gasteiger partial charge on any atom is -0.272 e. The highest BCUT2D eigenvalue weighted by atomic mass is 35.5. The molecule has 0 aromatic heterocycles. The largest absolute Gasteiger partial charge is 0.275 e. The molecule has 0 spiro atoms. The molecule has 2 aliphatic rings. The standard InChI is InChI=1S/C23H21Cl2N3O5/c1-13-6-9-16-18(10-13)23(31)27(22(16)30)26(21(29)17-4-2-3-5-19(17)25)12-14-7-8-15(24)11-20(14)28(32)33/h2-5,7-8,11,13,16,18H,6,9-10,12H2,1H3/t13-,16+,18-/m1/s1. The van der Waals surface area contributed by atoms with Crippen molar-refractivity contribution in [2.75, 3.05) is 0 Å². The number of hydrogen-bond acceptors (Lipinski definition) is 5. The van der Waals surface area contributed by atoms with Gasteiger partial charge in [-0.25, -0.2) is 5.01 Å². The van der Waals surface area contributed by atoms with Gasteiger partial charge in [0.15, 0.2) is 0 Å². The van der Waals surface area contributed by atoms with Crippen molar-refractivity contribution < 1.29 is 19.3 Å². The summed E-state index contributed by atoms with van der Waals surface area (Å²) in [7, 11) is 0. The molecule has 3 amide bonds. The van der Waals surface area contributed by atoms with Crippen LogP contribution in [0.5, 0.6) is 0 Å². The number of rotatable bonds is 5. The van der Waals surface area contributed by atoms with Crippen molar-refractivity contribution in [1.29, 1.82) is 0 Å². The van der Waals surface area contributed by atoms with Crippen LogP contribution >= 0.6 is 23.2 Å². The molecule has 2 aromatic carbocycles. The zero-order valence-corrected chi connectivity index (χ0v) is 19.3. The van der Waals surface area contributed by atoms with Gasteiger partial charge < -0.3 is 0 Å². The molecule has 0 unspecified atom stereocenters. The van der Waals surface area contributed by atoms with E-state index in [9.17, 15) is 24.5 Å². The number of hydrazine groups is 1. The second-order valence-electron chi connectivity index (χ2n) is 8.49. The number of carbonyl (C=O) groups is 3. The molecule has 10 heteroatoms. The zero-order chi connectivity index (χ0) is 23.9. The van der Waals surface area contributed by atoms with Crippen LogP contribution in [0, 0.1) is 27.9 Å². The first kappa shape index (κ1) is 23.2. The molecule has 4 rings (SSSR count). The van der Waals surface area contributed by atoms with Crippen molar-refractivity contribution in [2.24, 2.45) is 17.8 Å². The van der Waals surface area contributed by atoms with E-state index in [2.05, 4.69) is 0 Å². The number of nitro groups is 1. The summed E-state index contributed by atoms with van der Waals surface area (Å²) >= 11 is 12.2. The maximum absolute atomic E-state index is 13.6. The van der Waals surface area contributed by atoms with Crippen LogP contribution in [0.2, 0.25) is 10.0 Å². The molecule has 0 bridgehead atoms. The highest BCUT2D eigenvalue weighted by molar-refractivity contribution is 6.34. The van der Waals surface area contributed by atoms with Crippen LogP contribution in [0.4, 0.5) is 5.69 Å². The third-order valence-electron chi connectivity index (χ3n) is 6.31. The van der Waals surface area contributed by atoms with E-state index in [1.54, 1.807) is 12.1 Å². The van der Waals surface area contributed by atoms with E-state index in [0.717, 1.165) is 16.4 Å². The van der Waals surface area contributed by atoms with Gasteiger partial charge in [0.05, 0.1) is 39.5 Å². The predicted molar refractivity (Wildman–Crippen MR) is 121 cm³/mol. The maximum Gasteiger partial charge on any atom is 0.275 e. The maximum atomic E-state index is 13.6. The third kappa shape index (κ3) is 4.32. The third-order valence-corrected chi connectivity index (χ3v) is 6.87. The van der Waals surface area contributed by atoms with E-state index in [4.69, 9.17) is 23.2 Å². The summed E-state index contributed by atoms with van der Waals surface area (Å²) in [5, 5.41) is 13.8. The Balaban J connectivity index is 1.78. The molecule has 2 aromatic rings. The molecule has 2 fully saturated rings. The topological polar surface area (TPSA) is 101 Å². The molecule has 1 saturated heterocycles. The van der Waals surface area contributed by atoms with Crippen molar-refractivity contribution in [3.63, 3.8) is 0 Å². The summed E-state index contributed by atoms with van der Waals surface area (Å²) in [4.78, 5) is 51.2. The predicted octanol–water partition coefficient (Wildman–Crippen LogP) is 4.88. The van der Waals surface area contributed by atoms with Crippen LogP contribution in [-0.2, 0) is 16.1 Å². The summed E-state index contributed by atoms with van der Waals surface area (Å²) in [5.74, 6) is -2.35. The summed E-state index contributed by atoms with van der Waals surface area (Å²) in [6.45, 7) is 1.66. The number of benzene rings is 2. The Morgan fingerprint density at radius 1 is 1.12 bits per heavy atom. The first-order valence-corrected chi connectivity index (χ1v) is 11.3. The average molecular weight is 490 g/mol. The Morgan fingerprint density at radius 3 is 2.52 bits per heavy atom. The SMILES string of the molecule is C[C@@H]1CC[C@@H]2C(=O)N(N(Cc3ccc(Cl)cc3[N+](=O)[O-])C(=O)c3ccccc3Cl)C(=O)[C@@H]2C1. The number of fused-ring (bicyclic) bond motifs is 1. The molecule has 172 valence electrons. The number of amides is 3. The molecule has 8 nitrogen and oxygen atoms in total. The number of nitro benzene ring substituents is 1. The normalized spacial score (nSPS) is 22.3. The van der Waals surface area contributed by atoms with Gasteiger partial charge in [0.1, 0.15) is 0 Å². The second kappa shape index (κ2) is 9.11. The van der Waals surface area contributed by atoms with Gasteiger partial charge in [0.25, 0.3) is 23.4 Å². The van der Waals surface area contributed by atoms with Gasteiger partial charge in [-0.3, -0.25) is 24.5 Å². The average Bonchev–Trinajstić information content (AvgIpc) is 3.02. The fourth-order valence-electron chi connectivity index (χ4n) is 4.62. The lowest BCUT2D eigenvalue weighted by molar-refractivity contribution is -0.385. The van der Waals surface area contributed by atoms with Crippen molar-refractivity contribution in [3.05, 3.63) is 73.8 Å². The van der Waals surface area contributed by atoms with E-state index >= 15 is 0 Å². The molecular weight excluding hydrogens is 469 g/mol. The number of halogens is 2. The van der Waals surface area contributed by atoms with Crippen LogP contribution in [0.1, 0.15) is 42.1 Å². The summed E-state index contributed by atoms with van der Waals surface area (Å²) in [5.41, 5.74) is -0.0992. The van der Waals surface area contributed by atoms with Crippen molar-refractivity contribution in [1.82, 2.24) is 10.0 Å². The zero-order valence-electron chi connectivity index (χ0n) is 17.7. The van der Waals surface area contributed by atoms with Crippen LogP contribution < -0.4 is 0 Å². The van der Waals surface area contributed by atoms with Crippen LogP contribution in [-0.4, -0.2) is 32.7 Å². The fraction of sp³-hybridized carbons (Fsp3) is 0.348. The molecule has 0 N–H and O–H groups in total. The molecule has 3 atom stereocenters. The Kier molecular flexibility index (Phi) is 6.41. The number of carbonyl (C=O) groups excluding carboxylic acids is 3. The molecular formula is C23H21Cl2N3O5. The molecule has 1 aliphatic heterocycles. The Morgan fingerprint density at radius 2 is 1.82 bits per heavy atom. The van der Waals surface area contributed by atoms with Crippen LogP contribution in [0.25, 0.3) is 0 Å². The molecule has 33 heavy (non-hydrogen) atoms. The number of nitrogens with zero attached hydrogens (tertiary/aromatic N) is 3. The lowest BCUT2D eigenvalue weighted by Gasteiger charge is -2.30. The quantitative estimate of drug-likeness (QED) is 0.338. The van der Waals surface area contributed by atoms with Gasteiger partial charge in [0.2, 0.25) is 0 Å². The van der Waals surface area contributed by atoms with Gasteiger partial charge in [-0.1, -0.05) is 42.3 Å². The minimum atomic E-state index is -0.696. The molecule has 0 radical (unpaired) electrons. The van der Waals surface area contributed by atoms with Crippen molar-refractivity contribution in [2.45, 2.75) is 32.7 Å². The Hall–Kier alpha value is -2.97. The fourth-order valence-corrected chi connectivity index (χ4v) is 5.00. The van der Waals surface area contributed by atoms with Crippen LogP contribution in [0.3, 0.4) is 0 Å². The van der Waals surface area contributed by atoms with Crippen molar-refractivity contribution in [3.8, 4) is 0 Å². The summed E-state index contributed by atoms with van der Waals surface area (Å²) in [6.07, 6.45) is 1.93. The van der Waals surface area contributed by atoms with E-state index in [1.807, 2.05) is 6.92 Å². The smallest absolute Gasteiger partial charge is 0.272 e. The summed E-state index contributed by atoms with van der Waals surface area (Å²) < 4.78 is 0. The molecule has 1 aliphatic carbocycles. The number of imide groups is 1. The lowest BCUT2D eigenvalue weighted by Crippen LogP contribution is -2.50. The minimum absolute atomic E-state index is 0.0830. The Labute approximate surface area is 200 Å².